The molecule has 5 heteroatoms. The van der Waals surface area contributed by atoms with Crippen molar-refractivity contribution in [2.24, 2.45) is 40.9 Å². The lowest BCUT2D eigenvalue weighted by atomic mass is 9.49. The van der Waals surface area contributed by atoms with Crippen molar-refractivity contribution in [2.75, 3.05) is 0 Å². The molecule has 27 heavy (non-hydrogen) atoms. The molecule has 0 amide bonds. The lowest BCUT2D eigenvalue weighted by Gasteiger charge is -2.56. The Balaban J connectivity index is 1.37. The smallest absolute Gasteiger partial charge is 0.185 e. The molecule has 5 rings (SSSR count). The van der Waals surface area contributed by atoms with E-state index < -0.39 is 5.60 Å². The molecule has 0 spiro atoms. The summed E-state index contributed by atoms with van der Waals surface area (Å²) in [7, 11) is 0. The first kappa shape index (κ1) is 17.8. The molecule has 4 aliphatic rings. The van der Waals surface area contributed by atoms with Gasteiger partial charge in [-0.25, -0.2) is 0 Å². The van der Waals surface area contributed by atoms with Gasteiger partial charge in [0.1, 0.15) is 5.69 Å². The summed E-state index contributed by atoms with van der Waals surface area (Å²) < 4.78 is 0. The quantitative estimate of drug-likeness (QED) is 0.770. The summed E-state index contributed by atoms with van der Waals surface area (Å²) in [6.07, 6.45) is 12.0. The number of carbonyl (C=O) groups excluding carboxylic acids is 1. The largest absolute Gasteiger partial charge is 0.390 e. The predicted octanol–water partition coefficient (Wildman–Crippen LogP) is 4.01. The number of Topliss-reactive ketones (excluding diaryl/α,β-unsaturated/α-hetero) is 1. The number of aromatic nitrogens is 3. The van der Waals surface area contributed by atoms with Crippen molar-refractivity contribution in [1.82, 2.24) is 15.4 Å². The molecule has 0 aromatic carbocycles. The third-order valence-electron chi connectivity index (χ3n) is 9.23. The van der Waals surface area contributed by atoms with E-state index in [1.165, 1.54) is 38.5 Å². The van der Waals surface area contributed by atoms with Gasteiger partial charge >= 0.3 is 0 Å². The van der Waals surface area contributed by atoms with Crippen molar-refractivity contribution in [3.8, 4) is 0 Å². The number of aliphatic hydroxyl groups is 1. The number of ketones is 1. The van der Waals surface area contributed by atoms with Crippen molar-refractivity contribution >= 4 is 5.78 Å². The Hall–Kier alpha value is -1.23. The van der Waals surface area contributed by atoms with Gasteiger partial charge in [0.2, 0.25) is 0 Å². The van der Waals surface area contributed by atoms with Gasteiger partial charge in [0, 0.05) is 5.92 Å². The number of carbonyl (C=O) groups is 1. The van der Waals surface area contributed by atoms with Crippen LogP contribution in [0.5, 0.6) is 0 Å². The van der Waals surface area contributed by atoms with E-state index in [9.17, 15) is 9.90 Å². The number of rotatable bonds is 2. The zero-order valence-corrected chi connectivity index (χ0v) is 16.7. The fourth-order valence-corrected chi connectivity index (χ4v) is 8.02. The average molecular weight is 372 g/mol. The average Bonchev–Trinajstić information content (AvgIpc) is 3.27. The maximum Gasteiger partial charge on any atom is 0.185 e. The summed E-state index contributed by atoms with van der Waals surface area (Å²) in [5.74, 6) is 4.16. The number of aromatic amines is 1. The van der Waals surface area contributed by atoms with Crippen molar-refractivity contribution in [1.29, 1.82) is 0 Å². The second-order valence-electron chi connectivity index (χ2n) is 10.6. The van der Waals surface area contributed by atoms with Crippen molar-refractivity contribution < 1.29 is 9.90 Å². The second kappa shape index (κ2) is 6.13. The topological polar surface area (TPSA) is 78.9 Å². The molecule has 4 saturated carbocycles. The highest BCUT2D eigenvalue weighted by Crippen LogP contribution is 2.64. The van der Waals surface area contributed by atoms with E-state index in [-0.39, 0.29) is 17.1 Å². The van der Waals surface area contributed by atoms with Crippen LogP contribution in [0.15, 0.2) is 6.20 Å². The molecule has 8 atom stereocenters. The van der Waals surface area contributed by atoms with Gasteiger partial charge < -0.3 is 5.11 Å². The van der Waals surface area contributed by atoms with E-state index in [2.05, 4.69) is 22.3 Å². The SMILES string of the molecule is C[C@@]1(O)CC[C@H]2C(CC[C@@H]3[C@@H]2CC[C@]2(C)[C@@H](C(=O)c4cnn[nH]4)CC[C@@H]32)C1. The Bertz CT molecular complexity index is 715. The molecular formula is C22H33N3O2. The first-order valence-electron chi connectivity index (χ1n) is 11.0. The fourth-order valence-electron chi connectivity index (χ4n) is 8.02. The maximum atomic E-state index is 13.1. The molecular weight excluding hydrogens is 338 g/mol. The standard InChI is InChI=1S/C22H33N3O2/c1-21(27)9-7-14-13(11-21)3-4-16-15(14)8-10-22(2)17(16)5-6-18(22)20(26)19-12-23-25-24-19/h12-18,27H,3-11H2,1-2H3,(H,23,24,25)/t13?,14-,15+,16+,17-,18+,21+,22-/m0/s1. The summed E-state index contributed by atoms with van der Waals surface area (Å²) in [6.45, 7) is 4.43. The number of H-pyrrole nitrogens is 1. The highest BCUT2D eigenvalue weighted by atomic mass is 16.3. The normalized spacial score (nSPS) is 49.1. The minimum atomic E-state index is -0.444. The number of hydrogen-bond acceptors (Lipinski definition) is 4. The van der Waals surface area contributed by atoms with Crippen LogP contribution in [0.4, 0.5) is 0 Å². The lowest BCUT2D eigenvalue weighted by molar-refractivity contribution is -0.0976. The van der Waals surface area contributed by atoms with Crippen LogP contribution in [0.25, 0.3) is 0 Å². The van der Waals surface area contributed by atoms with Gasteiger partial charge in [0.15, 0.2) is 5.78 Å². The van der Waals surface area contributed by atoms with Gasteiger partial charge in [-0.1, -0.05) is 12.1 Å². The monoisotopic (exact) mass is 371 g/mol. The van der Waals surface area contributed by atoms with Gasteiger partial charge in [0.05, 0.1) is 11.8 Å². The van der Waals surface area contributed by atoms with E-state index in [4.69, 9.17) is 0 Å². The summed E-state index contributed by atoms with van der Waals surface area (Å²) in [4.78, 5) is 13.1. The van der Waals surface area contributed by atoms with Crippen LogP contribution < -0.4 is 0 Å². The van der Waals surface area contributed by atoms with Gasteiger partial charge in [-0.15, -0.1) is 5.10 Å². The van der Waals surface area contributed by atoms with Crippen LogP contribution in [-0.2, 0) is 0 Å². The van der Waals surface area contributed by atoms with Crippen LogP contribution in [0.3, 0.4) is 0 Å². The van der Waals surface area contributed by atoms with Gasteiger partial charge in [0.25, 0.3) is 0 Å². The molecule has 0 saturated heterocycles. The lowest BCUT2D eigenvalue weighted by Crippen LogP contribution is -2.51. The van der Waals surface area contributed by atoms with E-state index in [0.717, 1.165) is 37.0 Å². The Morgan fingerprint density at radius 3 is 2.67 bits per heavy atom. The summed E-state index contributed by atoms with van der Waals surface area (Å²) >= 11 is 0. The zero-order valence-electron chi connectivity index (χ0n) is 16.7. The summed E-state index contributed by atoms with van der Waals surface area (Å²) in [6, 6.07) is 0. The minimum absolute atomic E-state index is 0.121. The first-order valence-corrected chi connectivity index (χ1v) is 11.0. The number of nitrogens with one attached hydrogen (secondary N) is 1. The Morgan fingerprint density at radius 2 is 1.89 bits per heavy atom. The molecule has 0 bridgehead atoms. The third kappa shape index (κ3) is 2.72. The van der Waals surface area contributed by atoms with E-state index >= 15 is 0 Å². The molecule has 148 valence electrons. The van der Waals surface area contributed by atoms with Gasteiger partial charge in [-0.3, -0.25) is 9.89 Å². The molecule has 4 aliphatic carbocycles. The molecule has 4 fully saturated rings. The Kier molecular flexibility index (Phi) is 4.05. The van der Waals surface area contributed by atoms with Crippen molar-refractivity contribution in [3.05, 3.63) is 11.9 Å². The van der Waals surface area contributed by atoms with E-state index in [0.29, 0.717) is 17.5 Å². The highest BCUT2D eigenvalue weighted by molar-refractivity contribution is 5.96. The number of fused-ring (bicyclic) bond motifs is 5. The molecule has 0 radical (unpaired) electrons. The second-order valence-corrected chi connectivity index (χ2v) is 10.6. The van der Waals surface area contributed by atoms with Crippen LogP contribution in [-0.4, -0.2) is 31.9 Å². The molecule has 0 aliphatic heterocycles. The zero-order chi connectivity index (χ0) is 18.8. The maximum absolute atomic E-state index is 13.1. The number of nitrogens with zero attached hydrogens (tertiary/aromatic N) is 2. The number of hydrogen-bond donors (Lipinski definition) is 2. The van der Waals surface area contributed by atoms with Gasteiger partial charge in [-0.05, 0) is 99.7 Å². The van der Waals surface area contributed by atoms with Crippen LogP contribution in [0, 0.1) is 40.9 Å². The van der Waals surface area contributed by atoms with E-state index in [1.807, 2.05) is 6.92 Å². The minimum Gasteiger partial charge on any atom is -0.390 e. The van der Waals surface area contributed by atoms with Crippen LogP contribution >= 0.6 is 0 Å². The van der Waals surface area contributed by atoms with E-state index in [1.54, 1.807) is 6.20 Å². The first-order chi connectivity index (χ1) is 12.9. The molecule has 5 nitrogen and oxygen atoms in total. The van der Waals surface area contributed by atoms with Crippen LogP contribution in [0.1, 0.15) is 82.1 Å². The summed E-state index contributed by atoms with van der Waals surface area (Å²) in [5, 5.41) is 20.9. The van der Waals surface area contributed by atoms with Crippen molar-refractivity contribution in [3.63, 3.8) is 0 Å². The summed E-state index contributed by atoms with van der Waals surface area (Å²) in [5.41, 5.74) is 0.276. The molecule has 1 aromatic heterocycles. The Labute approximate surface area is 161 Å². The van der Waals surface area contributed by atoms with Crippen molar-refractivity contribution in [2.45, 2.75) is 77.2 Å². The molecule has 1 aromatic rings. The Morgan fingerprint density at radius 1 is 1.07 bits per heavy atom. The fraction of sp³-hybridized carbons (Fsp3) is 0.864. The van der Waals surface area contributed by atoms with Crippen LogP contribution in [0.2, 0.25) is 0 Å². The molecule has 1 unspecified atom stereocenters. The van der Waals surface area contributed by atoms with Gasteiger partial charge in [-0.2, -0.15) is 0 Å². The third-order valence-corrected chi connectivity index (χ3v) is 9.23. The predicted molar refractivity (Wildman–Crippen MR) is 102 cm³/mol. The highest BCUT2D eigenvalue weighted by Gasteiger charge is 2.59. The molecule has 2 N–H and O–H groups in total. The molecule has 1 heterocycles.